The number of hydrogen-bond donors (Lipinski definition) is 0. The Kier molecular flexibility index (Phi) is 4.61. The normalized spacial score (nSPS) is 11.6. The van der Waals surface area contributed by atoms with E-state index in [1.165, 1.54) is 0 Å². The minimum Gasteiger partial charge on any atom is -0.436 e. The first-order chi connectivity index (χ1) is 14.7. The highest BCUT2D eigenvalue weighted by Gasteiger charge is 2.33. The van der Waals surface area contributed by atoms with E-state index in [1.807, 2.05) is 110 Å². The molecule has 1 aromatic heterocycles. The van der Waals surface area contributed by atoms with Crippen molar-refractivity contribution in [2.24, 2.45) is 0 Å². The van der Waals surface area contributed by atoms with E-state index in [9.17, 15) is 4.57 Å². The predicted octanol–water partition coefficient (Wildman–Crippen LogP) is 5.44. The van der Waals surface area contributed by atoms with Gasteiger partial charge in [0, 0.05) is 21.5 Å². The Balaban J connectivity index is 1.79. The number of benzene rings is 4. The van der Waals surface area contributed by atoms with Gasteiger partial charge in [0.2, 0.25) is 5.89 Å². The summed E-state index contributed by atoms with van der Waals surface area (Å²) in [6, 6.07) is 33.0. The van der Waals surface area contributed by atoms with Crippen LogP contribution >= 0.6 is 7.14 Å². The summed E-state index contributed by atoms with van der Waals surface area (Å²) < 4.78 is 20.9. The van der Waals surface area contributed by atoms with Gasteiger partial charge in [-0.05, 0) is 30.7 Å². The summed E-state index contributed by atoms with van der Waals surface area (Å²) in [5.41, 5.74) is 3.38. The second-order valence-electron chi connectivity index (χ2n) is 7.29. The van der Waals surface area contributed by atoms with Gasteiger partial charge in [-0.3, -0.25) is 0 Å². The maximum absolute atomic E-state index is 14.8. The molecule has 5 aromatic rings. The molecule has 0 spiro atoms. The van der Waals surface area contributed by atoms with Gasteiger partial charge in [-0.25, -0.2) is 4.98 Å². The predicted molar refractivity (Wildman–Crippen MR) is 124 cm³/mol. The maximum Gasteiger partial charge on any atom is 0.228 e. The van der Waals surface area contributed by atoms with E-state index in [2.05, 4.69) is 0 Å². The average molecular weight is 409 g/mol. The highest BCUT2D eigenvalue weighted by Crippen LogP contribution is 2.45. The number of rotatable bonds is 4. The molecule has 0 N–H and O–H groups in total. The zero-order valence-corrected chi connectivity index (χ0v) is 17.4. The molecule has 0 saturated carbocycles. The SMILES string of the molecule is Cc1ccc2nc(-c3ccccc3P(=O)(c3ccccc3)c3ccccc3)oc2c1. The summed E-state index contributed by atoms with van der Waals surface area (Å²) in [6.07, 6.45) is 0. The van der Waals surface area contributed by atoms with Gasteiger partial charge < -0.3 is 8.98 Å². The van der Waals surface area contributed by atoms with Crippen molar-refractivity contribution < 1.29 is 8.98 Å². The maximum atomic E-state index is 14.8. The highest BCUT2D eigenvalue weighted by atomic mass is 31.2. The molecule has 0 bridgehead atoms. The van der Waals surface area contributed by atoms with Crippen LogP contribution in [0.1, 0.15) is 5.56 Å². The molecule has 30 heavy (non-hydrogen) atoms. The number of hydrogen-bond acceptors (Lipinski definition) is 3. The summed E-state index contributed by atoms with van der Waals surface area (Å²) >= 11 is 0. The van der Waals surface area contributed by atoms with Gasteiger partial charge in [-0.15, -0.1) is 0 Å². The number of nitrogens with zero attached hydrogens (tertiary/aromatic N) is 1. The van der Waals surface area contributed by atoms with Gasteiger partial charge in [0.05, 0.1) is 0 Å². The van der Waals surface area contributed by atoms with Gasteiger partial charge in [0.25, 0.3) is 0 Å². The van der Waals surface area contributed by atoms with Crippen molar-refractivity contribution in [3.05, 3.63) is 109 Å². The second-order valence-corrected chi connectivity index (χ2v) is 10.0. The Morgan fingerprint density at radius 3 is 2.00 bits per heavy atom. The van der Waals surface area contributed by atoms with Crippen LogP contribution < -0.4 is 15.9 Å². The standard InChI is InChI=1S/C26H20NO2P/c1-19-16-17-23-24(18-19)29-26(27-23)22-14-8-9-15-25(22)30(28,20-10-4-2-5-11-20)21-12-6-3-7-13-21/h2-18H,1H3. The van der Waals surface area contributed by atoms with Crippen LogP contribution in [0.5, 0.6) is 0 Å². The summed E-state index contributed by atoms with van der Waals surface area (Å²) in [7, 11) is -3.13. The fourth-order valence-electron chi connectivity index (χ4n) is 3.78. The summed E-state index contributed by atoms with van der Waals surface area (Å²) in [4.78, 5) is 4.70. The first-order valence-corrected chi connectivity index (χ1v) is 11.6. The van der Waals surface area contributed by atoms with Gasteiger partial charge in [-0.2, -0.15) is 0 Å². The van der Waals surface area contributed by atoms with E-state index in [-0.39, 0.29) is 0 Å². The minimum absolute atomic E-state index is 0.485. The highest BCUT2D eigenvalue weighted by molar-refractivity contribution is 7.85. The lowest BCUT2D eigenvalue weighted by molar-refractivity contribution is 0.592. The van der Waals surface area contributed by atoms with Crippen molar-refractivity contribution in [2.75, 3.05) is 0 Å². The average Bonchev–Trinajstić information content (AvgIpc) is 3.23. The number of aryl methyl sites for hydroxylation is 1. The van der Waals surface area contributed by atoms with Crippen LogP contribution in [0, 0.1) is 6.92 Å². The Labute approximate surface area is 175 Å². The Morgan fingerprint density at radius 1 is 0.733 bits per heavy atom. The lowest BCUT2D eigenvalue weighted by atomic mass is 10.2. The quantitative estimate of drug-likeness (QED) is 0.371. The van der Waals surface area contributed by atoms with Crippen LogP contribution in [0.15, 0.2) is 108 Å². The van der Waals surface area contributed by atoms with Crippen LogP contribution in [-0.2, 0) is 4.57 Å². The fraction of sp³-hybridized carbons (Fsp3) is 0.0385. The molecule has 4 heteroatoms. The lowest BCUT2D eigenvalue weighted by Gasteiger charge is -2.21. The molecule has 4 aromatic carbocycles. The lowest BCUT2D eigenvalue weighted by Crippen LogP contribution is -2.26. The summed E-state index contributed by atoms with van der Waals surface area (Å²) in [6.45, 7) is 2.02. The summed E-state index contributed by atoms with van der Waals surface area (Å²) in [5, 5.41) is 2.30. The number of fused-ring (bicyclic) bond motifs is 1. The molecule has 1 heterocycles. The molecule has 0 radical (unpaired) electrons. The zero-order chi connectivity index (χ0) is 20.6. The van der Waals surface area contributed by atoms with E-state index in [4.69, 9.17) is 9.40 Å². The van der Waals surface area contributed by atoms with E-state index in [0.29, 0.717) is 5.89 Å². The monoisotopic (exact) mass is 409 g/mol. The van der Waals surface area contributed by atoms with E-state index >= 15 is 0 Å². The van der Waals surface area contributed by atoms with Gasteiger partial charge in [0.15, 0.2) is 12.7 Å². The van der Waals surface area contributed by atoms with Crippen LogP contribution in [0.3, 0.4) is 0 Å². The topological polar surface area (TPSA) is 43.1 Å². The van der Waals surface area contributed by atoms with Crippen molar-refractivity contribution in [3.8, 4) is 11.5 Å². The summed E-state index contributed by atoms with van der Waals surface area (Å²) in [5.74, 6) is 0.485. The second kappa shape index (κ2) is 7.44. The molecular weight excluding hydrogens is 389 g/mol. The third-order valence-electron chi connectivity index (χ3n) is 5.26. The number of oxazole rings is 1. The van der Waals surface area contributed by atoms with Crippen LogP contribution in [0.4, 0.5) is 0 Å². The fourth-order valence-corrected chi connectivity index (χ4v) is 6.62. The van der Waals surface area contributed by atoms with Crippen molar-refractivity contribution in [1.29, 1.82) is 0 Å². The largest absolute Gasteiger partial charge is 0.436 e. The van der Waals surface area contributed by atoms with Crippen molar-refractivity contribution in [1.82, 2.24) is 4.98 Å². The Morgan fingerprint density at radius 2 is 1.33 bits per heavy atom. The third kappa shape index (κ3) is 3.08. The number of aromatic nitrogens is 1. The molecule has 0 aliphatic heterocycles. The van der Waals surface area contributed by atoms with Crippen LogP contribution in [0.2, 0.25) is 0 Å². The molecular formula is C26H20NO2P. The molecule has 0 fully saturated rings. The molecule has 5 rings (SSSR count). The molecule has 146 valence electrons. The molecule has 0 saturated heterocycles. The van der Waals surface area contributed by atoms with Gasteiger partial charge in [0.1, 0.15) is 5.52 Å². The first kappa shape index (κ1) is 18.6. The van der Waals surface area contributed by atoms with E-state index in [1.54, 1.807) is 0 Å². The smallest absolute Gasteiger partial charge is 0.228 e. The molecule has 0 aliphatic carbocycles. The zero-order valence-electron chi connectivity index (χ0n) is 16.5. The Hall–Kier alpha value is -3.42. The van der Waals surface area contributed by atoms with Crippen LogP contribution in [0.25, 0.3) is 22.6 Å². The third-order valence-corrected chi connectivity index (χ3v) is 8.38. The van der Waals surface area contributed by atoms with Crippen molar-refractivity contribution in [3.63, 3.8) is 0 Å². The van der Waals surface area contributed by atoms with E-state index < -0.39 is 7.14 Å². The van der Waals surface area contributed by atoms with Crippen molar-refractivity contribution in [2.45, 2.75) is 6.92 Å². The molecule has 0 amide bonds. The van der Waals surface area contributed by atoms with E-state index in [0.717, 1.165) is 38.1 Å². The van der Waals surface area contributed by atoms with Crippen molar-refractivity contribution >= 4 is 34.2 Å². The molecule has 3 nitrogen and oxygen atoms in total. The van der Waals surface area contributed by atoms with Gasteiger partial charge in [-0.1, -0.05) is 84.9 Å². The molecule has 0 unspecified atom stereocenters. The molecule has 0 atom stereocenters. The first-order valence-electron chi connectivity index (χ1n) is 9.85. The Bertz CT molecular complexity index is 1330. The minimum atomic E-state index is -3.13. The van der Waals surface area contributed by atoms with Crippen LogP contribution in [-0.4, -0.2) is 4.98 Å². The molecule has 0 aliphatic rings. The van der Waals surface area contributed by atoms with Gasteiger partial charge >= 0.3 is 0 Å².